The molecule has 2 nitrogen and oxygen atoms in total. The Bertz CT molecular complexity index is 822. The largest absolute Gasteiger partial charge is 0.398 e. The minimum Gasteiger partial charge on any atom is -0.398 e. The smallest absolute Gasteiger partial charge is 0.194 e. The molecule has 100 valence electrons. The Morgan fingerprint density at radius 1 is 1.20 bits per heavy atom. The molecule has 0 aliphatic carbocycles. The number of hydrogen-bond acceptors (Lipinski definition) is 3. The van der Waals surface area contributed by atoms with Crippen LogP contribution in [0.25, 0.3) is 10.1 Å². The van der Waals surface area contributed by atoms with Crippen LogP contribution in [0.3, 0.4) is 0 Å². The van der Waals surface area contributed by atoms with Crippen LogP contribution >= 0.6 is 27.3 Å². The first-order chi connectivity index (χ1) is 9.58. The lowest BCUT2D eigenvalue weighted by Crippen LogP contribution is -2.05. The molecular weight excluding hydrogens is 334 g/mol. The third kappa shape index (κ3) is 2.15. The molecular formula is C16H12BrNOS. The zero-order valence-electron chi connectivity index (χ0n) is 10.8. The third-order valence-electron chi connectivity index (χ3n) is 3.38. The summed E-state index contributed by atoms with van der Waals surface area (Å²) in [5, 5.41) is 2.92. The molecule has 0 atom stereocenters. The van der Waals surface area contributed by atoms with Crippen molar-refractivity contribution in [2.75, 3.05) is 5.73 Å². The van der Waals surface area contributed by atoms with Crippen LogP contribution in [0.5, 0.6) is 0 Å². The molecule has 0 saturated carbocycles. The van der Waals surface area contributed by atoms with Crippen LogP contribution in [0.2, 0.25) is 0 Å². The summed E-state index contributed by atoms with van der Waals surface area (Å²) in [5.74, 6) is 0.0212. The first-order valence-electron chi connectivity index (χ1n) is 6.14. The maximum absolute atomic E-state index is 12.8. The molecule has 0 saturated heterocycles. The lowest BCUT2D eigenvalue weighted by Gasteiger charge is -2.08. The van der Waals surface area contributed by atoms with Crippen molar-refractivity contribution in [3.8, 4) is 0 Å². The zero-order valence-corrected chi connectivity index (χ0v) is 13.2. The predicted molar refractivity (Wildman–Crippen MR) is 88.5 cm³/mol. The van der Waals surface area contributed by atoms with Gasteiger partial charge in [-0.1, -0.05) is 34.1 Å². The van der Waals surface area contributed by atoms with Gasteiger partial charge in [-0.25, -0.2) is 0 Å². The highest BCUT2D eigenvalue weighted by atomic mass is 79.9. The molecule has 0 radical (unpaired) electrons. The molecule has 0 fully saturated rings. The Morgan fingerprint density at radius 3 is 2.75 bits per heavy atom. The van der Waals surface area contributed by atoms with Crippen molar-refractivity contribution in [2.24, 2.45) is 0 Å². The molecule has 3 aromatic rings. The average molecular weight is 346 g/mol. The van der Waals surface area contributed by atoms with Crippen LogP contribution in [0.1, 0.15) is 21.5 Å². The number of thiophene rings is 1. The molecule has 20 heavy (non-hydrogen) atoms. The van der Waals surface area contributed by atoms with Gasteiger partial charge < -0.3 is 5.73 Å². The van der Waals surface area contributed by atoms with E-state index in [0.717, 1.165) is 25.7 Å². The number of benzene rings is 2. The number of anilines is 1. The van der Waals surface area contributed by atoms with Gasteiger partial charge in [-0.15, -0.1) is 11.3 Å². The number of nitrogen functional groups attached to an aromatic ring is 1. The van der Waals surface area contributed by atoms with Gasteiger partial charge in [0.05, 0.1) is 0 Å². The molecule has 3 rings (SSSR count). The summed E-state index contributed by atoms with van der Waals surface area (Å²) < 4.78 is 1.94. The van der Waals surface area contributed by atoms with Crippen LogP contribution < -0.4 is 5.73 Å². The maximum atomic E-state index is 12.8. The fourth-order valence-corrected chi connectivity index (χ4v) is 3.65. The van der Waals surface area contributed by atoms with Gasteiger partial charge >= 0.3 is 0 Å². The summed E-state index contributed by atoms with van der Waals surface area (Å²) in [4.78, 5) is 12.8. The van der Waals surface area contributed by atoms with Crippen molar-refractivity contribution in [1.29, 1.82) is 0 Å². The fourth-order valence-electron chi connectivity index (χ4n) is 2.23. The standard InChI is InChI=1S/C16H12BrNOS/c1-9-12(6-10(17)7-14(9)18)16(19)13-8-20-15-5-3-2-4-11(13)15/h2-8H,18H2,1H3. The molecule has 2 N–H and O–H groups in total. The van der Waals surface area contributed by atoms with Gasteiger partial charge in [-0.3, -0.25) is 4.79 Å². The monoisotopic (exact) mass is 345 g/mol. The predicted octanol–water partition coefficient (Wildman–Crippen LogP) is 4.79. The SMILES string of the molecule is Cc1c(N)cc(Br)cc1C(=O)c1csc2ccccc12. The van der Waals surface area contributed by atoms with Crippen molar-refractivity contribution < 1.29 is 4.79 Å². The second kappa shape index (κ2) is 5.04. The number of fused-ring (bicyclic) bond motifs is 1. The molecule has 0 aliphatic rings. The van der Waals surface area contributed by atoms with Crippen LogP contribution in [0.4, 0.5) is 5.69 Å². The molecule has 0 unspecified atom stereocenters. The van der Waals surface area contributed by atoms with Gasteiger partial charge in [-0.2, -0.15) is 0 Å². The van der Waals surface area contributed by atoms with E-state index >= 15 is 0 Å². The van der Waals surface area contributed by atoms with E-state index in [1.54, 1.807) is 11.3 Å². The van der Waals surface area contributed by atoms with E-state index in [2.05, 4.69) is 15.9 Å². The van der Waals surface area contributed by atoms with Crippen LogP contribution in [-0.4, -0.2) is 5.78 Å². The summed E-state index contributed by atoms with van der Waals surface area (Å²) in [6.45, 7) is 1.88. The average Bonchev–Trinajstić information content (AvgIpc) is 2.86. The molecule has 0 bridgehead atoms. The topological polar surface area (TPSA) is 43.1 Å². The summed E-state index contributed by atoms with van der Waals surface area (Å²) >= 11 is 4.99. The fraction of sp³-hybridized carbons (Fsp3) is 0.0625. The van der Waals surface area contributed by atoms with E-state index in [-0.39, 0.29) is 5.78 Å². The van der Waals surface area contributed by atoms with Crippen LogP contribution in [-0.2, 0) is 0 Å². The summed E-state index contributed by atoms with van der Waals surface area (Å²) in [6.07, 6.45) is 0. The lowest BCUT2D eigenvalue weighted by atomic mass is 9.98. The molecule has 0 spiro atoms. The second-order valence-electron chi connectivity index (χ2n) is 4.64. The van der Waals surface area contributed by atoms with Gasteiger partial charge in [0.25, 0.3) is 0 Å². The Labute approximate surface area is 129 Å². The third-order valence-corrected chi connectivity index (χ3v) is 4.80. The maximum Gasteiger partial charge on any atom is 0.194 e. The first-order valence-corrected chi connectivity index (χ1v) is 7.81. The molecule has 4 heteroatoms. The molecule has 0 aliphatic heterocycles. The first kappa shape index (κ1) is 13.3. The highest BCUT2D eigenvalue weighted by molar-refractivity contribution is 9.10. The zero-order chi connectivity index (χ0) is 14.3. The number of nitrogens with two attached hydrogens (primary N) is 1. The van der Waals surface area contributed by atoms with Gasteiger partial charge in [-0.05, 0) is 30.7 Å². The normalized spacial score (nSPS) is 10.9. The number of carbonyl (C=O) groups excluding carboxylic acids is 1. The number of rotatable bonds is 2. The molecule has 1 heterocycles. The second-order valence-corrected chi connectivity index (χ2v) is 6.47. The number of carbonyl (C=O) groups is 1. The van der Waals surface area contributed by atoms with Crippen molar-refractivity contribution in [2.45, 2.75) is 6.92 Å². The number of hydrogen-bond donors (Lipinski definition) is 1. The summed E-state index contributed by atoms with van der Waals surface area (Å²) in [6, 6.07) is 11.6. The van der Waals surface area contributed by atoms with Gasteiger partial charge in [0.15, 0.2) is 5.78 Å². The molecule has 2 aromatic carbocycles. The van der Waals surface area contributed by atoms with E-state index < -0.39 is 0 Å². The Hall–Kier alpha value is -1.65. The minimum atomic E-state index is 0.0212. The highest BCUT2D eigenvalue weighted by Gasteiger charge is 2.17. The Kier molecular flexibility index (Phi) is 3.36. The van der Waals surface area contributed by atoms with E-state index in [1.165, 1.54) is 0 Å². The van der Waals surface area contributed by atoms with E-state index in [0.29, 0.717) is 11.3 Å². The van der Waals surface area contributed by atoms with Crippen LogP contribution in [0, 0.1) is 6.92 Å². The van der Waals surface area contributed by atoms with E-state index in [4.69, 9.17) is 5.73 Å². The Morgan fingerprint density at radius 2 is 1.95 bits per heavy atom. The van der Waals surface area contributed by atoms with Crippen molar-refractivity contribution >= 4 is 48.8 Å². The molecule has 1 aromatic heterocycles. The lowest BCUT2D eigenvalue weighted by molar-refractivity contribution is 0.104. The number of ketones is 1. The van der Waals surface area contributed by atoms with E-state index in [1.807, 2.05) is 48.7 Å². The number of halogens is 1. The summed E-state index contributed by atoms with van der Waals surface area (Å²) in [7, 11) is 0. The quantitative estimate of drug-likeness (QED) is 0.536. The van der Waals surface area contributed by atoms with Crippen molar-refractivity contribution in [3.63, 3.8) is 0 Å². The summed E-state index contributed by atoms with van der Waals surface area (Å²) in [5.41, 5.74) is 8.80. The van der Waals surface area contributed by atoms with Crippen LogP contribution in [0.15, 0.2) is 46.3 Å². The molecule has 0 amide bonds. The van der Waals surface area contributed by atoms with Gasteiger partial charge in [0, 0.05) is 36.8 Å². The minimum absolute atomic E-state index is 0.0212. The van der Waals surface area contributed by atoms with Crippen molar-refractivity contribution in [3.05, 3.63) is 62.9 Å². The van der Waals surface area contributed by atoms with Gasteiger partial charge in [0.2, 0.25) is 0 Å². The Balaban J connectivity index is 2.18. The van der Waals surface area contributed by atoms with Crippen molar-refractivity contribution in [1.82, 2.24) is 0 Å². The highest BCUT2D eigenvalue weighted by Crippen LogP contribution is 2.30. The van der Waals surface area contributed by atoms with Gasteiger partial charge in [0.1, 0.15) is 0 Å². The van der Waals surface area contributed by atoms with E-state index in [9.17, 15) is 4.79 Å².